The standard InChI is InChI=1S/C16H23NO4S/c1-10(2)13-8-7-11(22-13)9-12(14(18)20-6)17-15(19)21-16(3,4)5/h7-8,12H,1,9H2,2-6H3,(H,17,19). The molecular formula is C16H23NO4S. The molecule has 1 unspecified atom stereocenters. The first-order valence-corrected chi connectivity index (χ1v) is 7.76. The molecule has 0 aromatic carbocycles. The lowest BCUT2D eigenvalue weighted by Crippen LogP contribution is -2.45. The second-order valence-corrected chi connectivity index (χ2v) is 7.14. The third kappa shape index (κ3) is 5.89. The Morgan fingerprint density at radius 2 is 2.00 bits per heavy atom. The fourth-order valence-electron chi connectivity index (χ4n) is 1.70. The number of hydrogen-bond donors (Lipinski definition) is 1. The summed E-state index contributed by atoms with van der Waals surface area (Å²) < 4.78 is 9.92. The molecule has 1 aromatic heterocycles. The highest BCUT2D eigenvalue weighted by Crippen LogP contribution is 2.24. The van der Waals surface area contributed by atoms with Crippen LogP contribution in [0, 0.1) is 0 Å². The quantitative estimate of drug-likeness (QED) is 0.843. The van der Waals surface area contributed by atoms with Crippen LogP contribution in [0.2, 0.25) is 0 Å². The minimum atomic E-state index is -0.781. The smallest absolute Gasteiger partial charge is 0.408 e. The molecule has 1 heterocycles. The fourth-order valence-corrected chi connectivity index (χ4v) is 2.68. The van der Waals surface area contributed by atoms with Crippen molar-refractivity contribution in [3.05, 3.63) is 28.5 Å². The van der Waals surface area contributed by atoms with Crippen LogP contribution < -0.4 is 5.32 Å². The molecule has 0 saturated carbocycles. The van der Waals surface area contributed by atoms with Gasteiger partial charge in [-0.3, -0.25) is 0 Å². The van der Waals surface area contributed by atoms with Gasteiger partial charge in [0.25, 0.3) is 0 Å². The van der Waals surface area contributed by atoms with E-state index in [2.05, 4.69) is 11.9 Å². The Labute approximate surface area is 135 Å². The molecule has 0 bridgehead atoms. The van der Waals surface area contributed by atoms with Crippen molar-refractivity contribution in [2.45, 2.75) is 45.8 Å². The molecule has 22 heavy (non-hydrogen) atoms. The van der Waals surface area contributed by atoms with Crippen molar-refractivity contribution in [3.63, 3.8) is 0 Å². The van der Waals surface area contributed by atoms with E-state index >= 15 is 0 Å². The average Bonchev–Trinajstić information content (AvgIpc) is 2.83. The van der Waals surface area contributed by atoms with Gasteiger partial charge in [-0.05, 0) is 45.4 Å². The lowest BCUT2D eigenvalue weighted by Gasteiger charge is -2.22. The van der Waals surface area contributed by atoms with Gasteiger partial charge in [0.15, 0.2) is 0 Å². The van der Waals surface area contributed by atoms with Crippen LogP contribution >= 0.6 is 11.3 Å². The van der Waals surface area contributed by atoms with E-state index in [1.807, 2.05) is 19.1 Å². The van der Waals surface area contributed by atoms with E-state index < -0.39 is 23.7 Å². The summed E-state index contributed by atoms with van der Waals surface area (Å²) >= 11 is 1.54. The van der Waals surface area contributed by atoms with Gasteiger partial charge in [-0.25, -0.2) is 9.59 Å². The molecule has 5 nitrogen and oxygen atoms in total. The number of esters is 1. The second kappa shape index (κ2) is 7.45. The summed E-state index contributed by atoms with van der Waals surface area (Å²) in [5.74, 6) is -0.504. The molecule has 1 atom stereocenters. The third-order valence-corrected chi connectivity index (χ3v) is 3.93. The van der Waals surface area contributed by atoms with Crippen molar-refractivity contribution >= 4 is 29.0 Å². The van der Waals surface area contributed by atoms with Crippen molar-refractivity contribution in [1.29, 1.82) is 0 Å². The van der Waals surface area contributed by atoms with E-state index in [1.165, 1.54) is 18.4 Å². The number of carbonyl (C=O) groups excluding carboxylic acids is 2. The Morgan fingerprint density at radius 3 is 2.45 bits per heavy atom. The Hall–Kier alpha value is -1.82. The van der Waals surface area contributed by atoms with Gasteiger partial charge in [-0.1, -0.05) is 6.58 Å². The van der Waals surface area contributed by atoms with Crippen LogP contribution in [0.1, 0.15) is 37.4 Å². The molecule has 0 fully saturated rings. The molecule has 0 aliphatic rings. The zero-order valence-corrected chi connectivity index (χ0v) is 14.5. The van der Waals surface area contributed by atoms with E-state index in [9.17, 15) is 9.59 Å². The molecule has 1 amide bonds. The molecule has 0 radical (unpaired) electrons. The summed E-state index contributed by atoms with van der Waals surface area (Å²) in [5, 5.41) is 2.56. The number of amides is 1. The van der Waals surface area contributed by atoms with Crippen LogP contribution in [0.4, 0.5) is 4.79 Å². The lowest BCUT2D eigenvalue weighted by molar-refractivity contribution is -0.143. The van der Waals surface area contributed by atoms with Crippen molar-refractivity contribution < 1.29 is 19.1 Å². The van der Waals surface area contributed by atoms with Crippen LogP contribution in [0.5, 0.6) is 0 Å². The maximum absolute atomic E-state index is 11.9. The zero-order chi connectivity index (χ0) is 16.9. The first-order chi connectivity index (χ1) is 10.1. The van der Waals surface area contributed by atoms with E-state index in [0.29, 0.717) is 6.42 Å². The third-order valence-electron chi connectivity index (χ3n) is 2.66. The number of carbonyl (C=O) groups is 2. The monoisotopic (exact) mass is 325 g/mol. The van der Waals surface area contributed by atoms with E-state index in [1.54, 1.807) is 20.8 Å². The van der Waals surface area contributed by atoms with E-state index in [4.69, 9.17) is 9.47 Å². The SMILES string of the molecule is C=C(C)c1ccc(CC(NC(=O)OC(C)(C)C)C(=O)OC)s1. The summed E-state index contributed by atoms with van der Waals surface area (Å²) in [6.07, 6.45) is -0.288. The van der Waals surface area contributed by atoms with Gasteiger partial charge in [0.05, 0.1) is 7.11 Å². The number of nitrogens with one attached hydrogen (secondary N) is 1. The van der Waals surface area contributed by atoms with Gasteiger partial charge in [-0.2, -0.15) is 0 Å². The predicted molar refractivity (Wildman–Crippen MR) is 87.9 cm³/mol. The molecule has 122 valence electrons. The number of ether oxygens (including phenoxy) is 2. The molecule has 0 aliphatic carbocycles. The van der Waals surface area contributed by atoms with Gasteiger partial charge in [0.1, 0.15) is 11.6 Å². The van der Waals surface area contributed by atoms with Gasteiger partial charge >= 0.3 is 12.1 Å². The lowest BCUT2D eigenvalue weighted by atomic mass is 10.2. The highest BCUT2D eigenvalue weighted by atomic mass is 32.1. The zero-order valence-electron chi connectivity index (χ0n) is 13.7. The van der Waals surface area contributed by atoms with Crippen LogP contribution in [0.25, 0.3) is 5.57 Å². The second-order valence-electron chi connectivity index (χ2n) is 5.97. The predicted octanol–water partition coefficient (Wildman–Crippen LogP) is 3.39. The molecule has 1 N–H and O–H groups in total. The number of hydrogen-bond acceptors (Lipinski definition) is 5. The Bertz CT molecular complexity index is 557. The Morgan fingerprint density at radius 1 is 1.36 bits per heavy atom. The molecule has 1 aromatic rings. The summed E-state index contributed by atoms with van der Waals surface area (Å²) in [4.78, 5) is 25.7. The summed E-state index contributed by atoms with van der Waals surface area (Å²) in [6, 6.07) is 3.09. The number of alkyl carbamates (subject to hydrolysis) is 1. The molecule has 0 aliphatic heterocycles. The molecular weight excluding hydrogens is 302 g/mol. The van der Waals surface area contributed by atoms with Gasteiger partial charge in [0, 0.05) is 16.2 Å². The normalized spacial score (nSPS) is 12.4. The maximum Gasteiger partial charge on any atom is 0.408 e. The fraction of sp³-hybridized carbons (Fsp3) is 0.500. The number of methoxy groups -OCH3 is 1. The van der Waals surface area contributed by atoms with Crippen LogP contribution in [0.3, 0.4) is 0 Å². The summed E-state index contributed by atoms with van der Waals surface area (Å²) in [7, 11) is 1.29. The highest BCUT2D eigenvalue weighted by Gasteiger charge is 2.25. The number of rotatable bonds is 5. The first-order valence-electron chi connectivity index (χ1n) is 6.94. The van der Waals surface area contributed by atoms with Crippen molar-refractivity contribution in [1.82, 2.24) is 5.32 Å². The van der Waals surface area contributed by atoms with Gasteiger partial charge < -0.3 is 14.8 Å². The summed E-state index contributed by atoms with van der Waals surface area (Å²) in [6.45, 7) is 11.1. The van der Waals surface area contributed by atoms with Crippen molar-refractivity contribution in [2.24, 2.45) is 0 Å². The molecule has 6 heteroatoms. The maximum atomic E-state index is 11.9. The summed E-state index contributed by atoms with van der Waals surface area (Å²) in [5.41, 5.74) is 0.340. The number of allylic oxidation sites excluding steroid dienone is 1. The highest BCUT2D eigenvalue weighted by molar-refractivity contribution is 7.13. The van der Waals surface area contributed by atoms with Crippen molar-refractivity contribution in [2.75, 3.05) is 7.11 Å². The van der Waals surface area contributed by atoms with Crippen molar-refractivity contribution in [3.8, 4) is 0 Å². The Balaban J connectivity index is 2.78. The van der Waals surface area contributed by atoms with E-state index in [0.717, 1.165) is 15.3 Å². The largest absolute Gasteiger partial charge is 0.467 e. The molecule has 0 spiro atoms. The average molecular weight is 325 g/mol. The number of thiophene rings is 1. The van der Waals surface area contributed by atoms with Crippen LogP contribution in [-0.4, -0.2) is 30.8 Å². The molecule has 0 saturated heterocycles. The van der Waals surface area contributed by atoms with Crippen LogP contribution in [0.15, 0.2) is 18.7 Å². The first kappa shape index (κ1) is 18.2. The van der Waals surface area contributed by atoms with E-state index in [-0.39, 0.29) is 0 Å². The Kier molecular flexibility index (Phi) is 6.17. The molecule has 1 rings (SSSR count). The van der Waals surface area contributed by atoms with Gasteiger partial charge in [-0.15, -0.1) is 11.3 Å². The topological polar surface area (TPSA) is 64.6 Å². The minimum Gasteiger partial charge on any atom is -0.467 e. The van der Waals surface area contributed by atoms with Gasteiger partial charge in [0.2, 0.25) is 0 Å². The minimum absolute atomic E-state index is 0.351. The van der Waals surface area contributed by atoms with Crippen LogP contribution in [-0.2, 0) is 20.7 Å².